The molecule has 0 aliphatic heterocycles. The number of anilines is 3. The molecule has 0 atom stereocenters. The molecule has 13 aromatic rings. The monoisotopic (exact) mass is 901 g/mol. The van der Waals surface area contributed by atoms with Gasteiger partial charge in [-0.3, -0.25) is 0 Å². The summed E-state index contributed by atoms with van der Waals surface area (Å²) in [6.45, 7) is 0. The van der Waals surface area contributed by atoms with Crippen LogP contribution in [0.15, 0.2) is 285 Å². The Morgan fingerprint density at radius 3 is 1.24 bits per heavy atom. The van der Waals surface area contributed by atoms with E-state index in [4.69, 9.17) is 0 Å². The highest BCUT2D eigenvalue weighted by Crippen LogP contribution is 2.47. The molecular weight excluding hydrogens is 855 g/mol. The van der Waals surface area contributed by atoms with Gasteiger partial charge >= 0.3 is 0 Å². The van der Waals surface area contributed by atoms with Crippen molar-refractivity contribution in [3.63, 3.8) is 0 Å². The van der Waals surface area contributed by atoms with Crippen molar-refractivity contribution in [2.45, 2.75) is 0 Å². The Labute approximate surface area is 414 Å². The number of hydrogen-bond acceptors (Lipinski definition) is 1. The summed E-state index contributed by atoms with van der Waals surface area (Å²) in [5, 5.41) is 9.94. The van der Waals surface area contributed by atoms with E-state index in [1.807, 2.05) is 0 Å². The Morgan fingerprint density at radius 1 is 0.197 bits per heavy atom. The smallest absolute Gasteiger partial charge is 0.0540 e. The molecule has 0 unspecified atom stereocenters. The first-order valence-corrected chi connectivity index (χ1v) is 24.5. The third kappa shape index (κ3) is 7.62. The van der Waals surface area contributed by atoms with Crippen LogP contribution in [0.2, 0.25) is 0 Å². The lowest BCUT2D eigenvalue weighted by Gasteiger charge is -2.28. The van der Waals surface area contributed by atoms with Gasteiger partial charge < -0.3 is 4.90 Å². The van der Waals surface area contributed by atoms with E-state index in [0.717, 1.165) is 22.6 Å². The average Bonchev–Trinajstić information content (AvgIpc) is 3.46. The van der Waals surface area contributed by atoms with Gasteiger partial charge in [0.1, 0.15) is 0 Å². The van der Waals surface area contributed by atoms with Gasteiger partial charge in [0.25, 0.3) is 0 Å². The van der Waals surface area contributed by atoms with Crippen molar-refractivity contribution in [2.24, 2.45) is 0 Å². The molecule has 71 heavy (non-hydrogen) atoms. The Bertz CT molecular complexity index is 4040. The number of benzene rings is 13. The van der Waals surface area contributed by atoms with Crippen molar-refractivity contribution >= 4 is 60.2 Å². The van der Waals surface area contributed by atoms with Gasteiger partial charge in [0.2, 0.25) is 0 Å². The molecule has 13 rings (SSSR count). The van der Waals surface area contributed by atoms with E-state index in [1.165, 1.54) is 104 Å². The highest BCUT2D eigenvalue weighted by molar-refractivity contribution is 6.22. The number of fused-ring (bicyclic) bond motifs is 5. The summed E-state index contributed by atoms with van der Waals surface area (Å²) >= 11 is 0. The van der Waals surface area contributed by atoms with Crippen molar-refractivity contribution < 1.29 is 0 Å². The van der Waals surface area contributed by atoms with E-state index in [0.29, 0.717) is 0 Å². The van der Waals surface area contributed by atoms with Gasteiger partial charge in [0, 0.05) is 16.8 Å². The molecule has 0 saturated carbocycles. The zero-order valence-corrected chi connectivity index (χ0v) is 39.1. The molecule has 0 amide bonds. The van der Waals surface area contributed by atoms with E-state index in [9.17, 15) is 0 Å². The first-order chi connectivity index (χ1) is 35.2. The van der Waals surface area contributed by atoms with Crippen LogP contribution in [0.5, 0.6) is 0 Å². The summed E-state index contributed by atoms with van der Waals surface area (Å²) in [6.07, 6.45) is 0. The largest absolute Gasteiger partial charge is 0.310 e. The normalized spacial score (nSPS) is 11.4. The molecule has 13 aromatic carbocycles. The van der Waals surface area contributed by atoms with Crippen LogP contribution in [-0.2, 0) is 0 Å². The highest BCUT2D eigenvalue weighted by atomic mass is 15.1. The van der Waals surface area contributed by atoms with Crippen LogP contribution >= 0.6 is 0 Å². The number of rotatable bonds is 9. The molecule has 0 radical (unpaired) electrons. The minimum Gasteiger partial charge on any atom is -0.310 e. The van der Waals surface area contributed by atoms with Crippen LogP contribution < -0.4 is 4.90 Å². The molecule has 0 spiro atoms. The second kappa shape index (κ2) is 18.0. The molecule has 0 aromatic heterocycles. The summed E-state index contributed by atoms with van der Waals surface area (Å²) < 4.78 is 0. The maximum atomic E-state index is 2.42. The van der Waals surface area contributed by atoms with Crippen LogP contribution in [0.1, 0.15) is 0 Å². The fourth-order valence-corrected chi connectivity index (χ4v) is 10.9. The first kappa shape index (κ1) is 41.9. The molecule has 0 N–H and O–H groups in total. The van der Waals surface area contributed by atoms with E-state index in [-0.39, 0.29) is 0 Å². The van der Waals surface area contributed by atoms with Crippen LogP contribution in [-0.4, -0.2) is 0 Å². The summed E-state index contributed by atoms with van der Waals surface area (Å²) in [5.41, 5.74) is 17.8. The van der Waals surface area contributed by atoms with E-state index < -0.39 is 0 Å². The predicted molar refractivity (Wildman–Crippen MR) is 304 cm³/mol. The third-order valence-electron chi connectivity index (χ3n) is 14.3. The molecule has 0 saturated heterocycles. The second-order valence-corrected chi connectivity index (χ2v) is 18.4. The SMILES string of the molecule is c1ccc(-c2ccc(N(c3ccc(-c4ccc(-c5cccc6ccccc56)cc4)cc3)c3ccc(-c4ccc5c(c4)c(-c4ccccc4)c(-c4ccccc4)c4ccccc45)cc3)c3ccccc23)cc1. The predicted octanol–water partition coefficient (Wildman–Crippen LogP) is 19.8. The lowest BCUT2D eigenvalue weighted by atomic mass is 9.84. The van der Waals surface area contributed by atoms with Gasteiger partial charge in [0.05, 0.1) is 5.69 Å². The highest BCUT2D eigenvalue weighted by Gasteiger charge is 2.20. The van der Waals surface area contributed by atoms with Crippen LogP contribution in [0.25, 0.3) is 110 Å². The van der Waals surface area contributed by atoms with E-state index in [2.05, 4.69) is 290 Å². The van der Waals surface area contributed by atoms with Crippen LogP contribution in [0.4, 0.5) is 17.1 Å². The van der Waals surface area contributed by atoms with Crippen molar-refractivity contribution in [3.05, 3.63) is 285 Å². The molecule has 1 heteroatoms. The molecular formula is C70H47N. The maximum Gasteiger partial charge on any atom is 0.0540 e. The van der Waals surface area contributed by atoms with Gasteiger partial charge in [-0.2, -0.15) is 0 Å². The molecule has 0 bridgehead atoms. The minimum absolute atomic E-state index is 1.08. The number of hydrogen-bond donors (Lipinski definition) is 0. The van der Waals surface area contributed by atoms with E-state index in [1.54, 1.807) is 0 Å². The Hall–Kier alpha value is -9.30. The van der Waals surface area contributed by atoms with Gasteiger partial charge in [-0.1, -0.05) is 249 Å². The molecule has 0 aliphatic carbocycles. The zero-order chi connectivity index (χ0) is 47.1. The summed E-state index contributed by atoms with van der Waals surface area (Å²) in [7, 11) is 0. The standard InChI is InChI=1S/C70H47N/c1-4-17-51(18-5-1)61-45-46-68(65-28-14-12-26-62(61)65)71(57-40-35-49(36-41-57)48-31-33-53(34-32-48)60-30-16-24-52-19-10-11-25-59(52)60)58-42-37-50(38-43-58)56-39-44-64-63-27-13-15-29-66(63)69(54-20-6-2-7-21-54)70(67(64)47-56)55-22-8-3-9-23-55/h1-47H. The molecule has 0 fully saturated rings. The summed E-state index contributed by atoms with van der Waals surface area (Å²) in [6, 6.07) is 104. The van der Waals surface area contributed by atoms with Crippen LogP contribution in [0, 0.1) is 0 Å². The van der Waals surface area contributed by atoms with Gasteiger partial charge in [-0.05, 0) is 141 Å². The van der Waals surface area contributed by atoms with Gasteiger partial charge in [0.15, 0.2) is 0 Å². The van der Waals surface area contributed by atoms with Gasteiger partial charge in [-0.15, -0.1) is 0 Å². The van der Waals surface area contributed by atoms with Gasteiger partial charge in [-0.25, -0.2) is 0 Å². The van der Waals surface area contributed by atoms with E-state index >= 15 is 0 Å². The Kier molecular flexibility index (Phi) is 10.6. The van der Waals surface area contributed by atoms with Crippen molar-refractivity contribution in [1.82, 2.24) is 0 Å². The Balaban J connectivity index is 0.923. The third-order valence-corrected chi connectivity index (χ3v) is 14.3. The second-order valence-electron chi connectivity index (χ2n) is 18.4. The average molecular weight is 902 g/mol. The quantitative estimate of drug-likeness (QED) is 0.131. The topological polar surface area (TPSA) is 3.24 Å². The fourth-order valence-electron chi connectivity index (χ4n) is 10.9. The van der Waals surface area contributed by atoms with Crippen LogP contribution in [0.3, 0.4) is 0 Å². The molecule has 1 nitrogen and oxygen atoms in total. The fraction of sp³-hybridized carbons (Fsp3) is 0. The molecule has 0 heterocycles. The minimum atomic E-state index is 1.08. The summed E-state index contributed by atoms with van der Waals surface area (Å²) in [5.74, 6) is 0. The maximum absolute atomic E-state index is 2.42. The first-order valence-electron chi connectivity index (χ1n) is 24.5. The summed E-state index contributed by atoms with van der Waals surface area (Å²) in [4.78, 5) is 2.42. The number of nitrogens with zero attached hydrogens (tertiary/aromatic N) is 1. The molecule has 0 aliphatic rings. The van der Waals surface area contributed by atoms with Crippen molar-refractivity contribution in [1.29, 1.82) is 0 Å². The lowest BCUT2D eigenvalue weighted by Crippen LogP contribution is -2.10. The van der Waals surface area contributed by atoms with Crippen molar-refractivity contribution in [3.8, 4) is 66.8 Å². The Morgan fingerprint density at radius 2 is 0.606 bits per heavy atom. The zero-order valence-electron chi connectivity index (χ0n) is 39.1. The molecule has 332 valence electrons. The van der Waals surface area contributed by atoms with Crippen molar-refractivity contribution in [2.75, 3.05) is 4.90 Å². The lowest BCUT2D eigenvalue weighted by molar-refractivity contribution is 1.30.